The standard InChI is InChI=1S/C21H22N2O3/c1-14-9-10-18(26-2)16(12-14)13-23-19(24)21(22-20(23)25)11-5-7-15-6-3-4-8-17(15)21/h3-4,6,8-10,12H,5,7,11,13H2,1-2H3,(H,22,25). The smallest absolute Gasteiger partial charge is 0.325 e. The molecule has 0 radical (unpaired) electrons. The third-order valence-electron chi connectivity index (χ3n) is 5.42. The van der Waals surface area contributed by atoms with E-state index in [9.17, 15) is 9.59 Å². The van der Waals surface area contributed by atoms with Crippen LogP contribution in [0.3, 0.4) is 0 Å². The molecule has 3 amide bonds. The highest BCUT2D eigenvalue weighted by Crippen LogP contribution is 2.40. The van der Waals surface area contributed by atoms with Gasteiger partial charge in [-0.15, -0.1) is 0 Å². The van der Waals surface area contributed by atoms with Crippen molar-refractivity contribution in [2.24, 2.45) is 0 Å². The van der Waals surface area contributed by atoms with Crippen LogP contribution < -0.4 is 10.1 Å². The lowest BCUT2D eigenvalue weighted by Crippen LogP contribution is -2.46. The number of nitrogens with zero attached hydrogens (tertiary/aromatic N) is 1. The molecule has 0 aromatic heterocycles. The van der Waals surface area contributed by atoms with Crippen LogP contribution in [0.2, 0.25) is 0 Å². The minimum Gasteiger partial charge on any atom is -0.496 e. The largest absolute Gasteiger partial charge is 0.496 e. The summed E-state index contributed by atoms with van der Waals surface area (Å²) in [4.78, 5) is 27.4. The molecule has 134 valence electrons. The summed E-state index contributed by atoms with van der Waals surface area (Å²) in [5, 5.41) is 2.99. The molecule has 5 nitrogen and oxygen atoms in total. The van der Waals surface area contributed by atoms with Gasteiger partial charge in [-0.2, -0.15) is 0 Å². The Kier molecular flexibility index (Phi) is 3.94. The van der Waals surface area contributed by atoms with E-state index in [4.69, 9.17) is 4.74 Å². The van der Waals surface area contributed by atoms with E-state index in [0.717, 1.165) is 35.1 Å². The van der Waals surface area contributed by atoms with Crippen LogP contribution in [0.4, 0.5) is 4.79 Å². The number of carbonyl (C=O) groups is 2. The lowest BCUT2D eigenvalue weighted by atomic mass is 9.76. The summed E-state index contributed by atoms with van der Waals surface area (Å²) >= 11 is 0. The van der Waals surface area contributed by atoms with E-state index in [0.29, 0.717) is 12.2 Å². The second-order valence-corrected chi connectivity index (χ2v) is 7.05. The number of ether oxygens (including phenoxy) is 1. The fraction of sp³-hybridized carbons (Fsp3) is 0.333. The first-order chi connectivity index (χ1) is 12.5. The summed E-state index contributed by atoms with van der Waals surface area (Å²) in [6, 6.07) is 13.4. The predicted molar refractivity (Wildman–Crippen MR) is 97.9 cm³/mol. The Hall–Kier alpha value is -2.82. The number of hydrogen-bond donors (Lipinski definition) is 1. The van der Waals surface area contributed by atoms with E-state index in [-0.39, 0.29) is 18.5 Å². The van der Waals surface area contributed by atoms with Crippen molar-refractivity contribution in [2.75, 3.05) is 7.11 Å². The van der Waals surface area contributed by atoms with Crippen LogP contribution in [0, 0.1) is 6.92 Å². The lowest BCUT2D eigenvalue weighted by Gasteiger charge is -2.33. The Morgan fingerprint density at radius 1 is 1.19 bits per heavy atom. The zero-order valence-corrected chi connectivity index (χ0v) is 15.0. The average molecular weight is 350 g/mol. The summed E-state index contributed by atoms with van der Waals surface area (Å²) in [6.45, 7) is 2.19. The normalized spacial score (nSPS) is 21.7. The number of methoxy groups -OCH3 is 1. The zero-order valence-electron chi connectivity index (χ0n) is 15.0. The van der Waals surface area contributed by atoms with Gasteiger partial charge in [-0.1, -0.05) is 42.0 Å². The van der Waals surface area contributed by atoms with Crippen molar-refractivity contribution >= 4 is 11.9 Å². The van der Waals surface area contributed by atoms with Gasteiger partial charge in [0.05, 0.1) is 13.7 Å². The molecule has 1 atom stereocenters. The summed E-state index contributed by atoms with van der Waals surface area (Å²) in [7, 11) is 1.60. The second-order valence-electron chi connectivity index (χ2n) is 7.05. The van der Waals surface area contributed by atoms with Crippen molar-refractivity contribution < 1.29 is 14.3 Å². The number of hydrogen-bond acceptors (Lipinski definition) is 3. The van der Waals surface area contributed by atoms with E-state index in [1.807, 2.05) is 49.4 Å². The van der Waals surface area contributed by atoms with Crippen molar-refractivity contribution in [1.29, 1.82) is 0 Å². The van der Waals surface area contributed by atoms with Gasteiger partial charge >= 0.3 is 6.03 Å². The molecule has 0 bridgehead atoms. The van der Waals surface area contributed by atoms with E-state index in [2.05, 4.69) is 5.32 Å². The van der Waals surface area contributed by atoms with Gasteiger partial charge < -0.3 is 10.1 Å². The Bertz CT molecular complexity index is 893. The monoisotopic (exact) mass is 350 g/mol. The van der Waals surface area contributed by atoms with Gasteiger partial charge in [0.15, 0.2) is 0 Å². The molecule has 0 saturated carbocycles. The van der Waals surface area contributed by atoms with Crippen molar-refractivity contribution in [3.63, 3.8) is 0 Å². The zero-order chi connectivity index (χ0) is 18.3. The average Bonchev–Trinajstić information content (AvgIpc) is 2.87. The molecule has 26 heavy (non-hydrogen) atoms. The topological polar surface area (TPSA) is 58.6 Å². The number of rotatable bonds is 3. The van der Waals surface area contributed by atoms with Crippen molar-refractivity contribution in [3.8, 4) is 5.75 Å². The number of fused-ring (bicyclic) bond motifs is 2. The minimum atomic E-state index is -0.928. The summed E-state index contributed by atoms with van der Waals surface area (Å²) in [5.74, 6) is 0.513. The van der Waals surface area contributed by atoms with Crippen LogP contribution >= 0.6 is 0 Å². The molecule has 2 aromatic carbocycles. The highest BCUT2D eigenvalue weighted by molar-refractivity contribution is 6.07. The lowest BCUT2D eigenvalue weighted by molar-refractivity contribution is -0.132. The maximum atomic E-state index is 13.3. The number of nitrogens with one attached hydrogen (secondary N) is 1. The number of imide groups is 1. The number of benzene rings is 2. The Labute approximate surface area is 153 Å². The molecule has 2 aromatic rings. The molecule has 1 heterocycles. The van der Waals surface area contributed by atoms with Gasteiger partial charge in [0.25, 0.3) is 5.91 Å². The molecule has 1 N–H and O–H groups in total. The number of urea groups is 1. The number of amides is 3. The van der Waals surface area contributed by atoms with Crippen molar-refractivity contribution in [2.45, 2.75) is 38.3 Å². The van der Waals surface area contributed by atoms with Gasteiger partial charge in [0, 0.05) is 5.56 Å². The molecular weight excluding hydrogens is 328 g/mol. The van der Waals surface area contributed by atoms with Gasteiger partial charge in [-0.25, -0.2) is 4.79 Å². The molecule has 1 unspecified atom stereocenters. The molecule has 1 spiro atoms. The first kappa shape index (κ1) is 16.6. The van der Waals surface area contributed by atoms with Crippen LogP contribution in [0.25, 0.3) is 0 Å². The van der Waals surface area contributed by atoms with E-state index in [1.54, 1.807) is 7.11 Å². The number of aryl methyl sites for hydroxylation is 2. The number of carbonyl (C=O) groups excluding carboxylic acids is 2. The predicted octanol–water partition coefficient (Wildman–Crippen LogP) is 3.29. The quantitative estimate of drug-likeness (QED) is 0.864. The van der Waals surface area contributed by atoms with Crippen LogP contribution in [-0.4, -0.2) is 23.9 Å². The van der Waals surface area contributed by atoms with Crippen molar-refractivity contribution in [3.05, 3.63) is 64.7 Å². The first-order valence-corrected chi connectivity index (χ1v) is 8.91. The second kappa shape index (κ2) is 6.16. The van der Waals surface area contributed by atoms with Crippen molar-refractivity contribution in [1.82, 2.24) is 10.2 Å². The van der Waals surface area contributed by atoms with E-state index >= 15 is 0 Å². The minimum absolute atomic E-state index is 0.168. The molecule has 1 aliphatic carbocycles. The summed E-state index contributed by atoms with van der Waals surface area (Å²) in [5.41, 5.74) is 3.04. The van der Waals surface area contributed by atoms with Gasteiger partial charge in [-0.05, 0) is 43.4 Å². The Morgan fingerprint density at radius 2 is 2.00 bits per heavy atom. The molecule has 1 fully saturated rings. The SMILES string of the molecule is COc1ccc(C)cc1CN1C(=O)NC2(CCCc3ccccc32)C1=O. The van der Waals surface area contributed by atoms with E-state index < -0.39 is 5.54 Å². The molecule has 1 aliphatic heterocycles. The van der Waals surface area contributed by atoms with Crippen LogP contribution in [0.1, 0.15) is 35.1 Å². The Balaban J connectivity index is 1.71. The maximum Gasteiger partial charge on any atom is 0.325 e. The molecule has 1 saturated heterocycles. The van der Waals surface area contributed by atoms with Gasteiger partial charge in [0.2, 0.25) is 0 Å². The highest BCUT2D eigenvalue weighted by atomic mass is 16.5. The third-order valence-corrected chi connectivity index (χ3v) is 5.42. The summed E-state index contributed by atoms with van der Waals surface area (Å²) in [6.07, 6.45) is 2.45. The van der Waals surface area contributed by atoms with Gasteiger partial charge in [-0.3, -0.25) is 9.69 Å². The molecule has 2 aliphatic rings. The fourth-order valence-electron chi connectivity index (χ4n) is 4.16. The van der Waals surface area contributed by atoms with Crippen LogP contribution in [0.5, 0.6) is 5.75 Å². The molecule has 4 rings (SSSR count). The molecule has 5 heteroatoms. The summed E-state index contributed by atoms with van der Waals surface area (Å²) < 4.78 is 5.40. The maximum absolute atomic E-state index is 13.3. The van der Waals surface area contributed by atoms with Crippen LogP contribution in [0.15, 0.2) is 42.5 Å². The Morgan fingerprint density at radius 3 is 2.81 bits per heavy atom. The van der Waals surface area contributed by atoms with Crippen LogP contribution in [-0.2, 0) is 23.3 Å². The first-order valence-electron chi connectivity index (χ1n) is 8.91. The fourth-order valence-corrected chi connectivity index (χ4v) is 4.16. The van der Waals surface area contributed by atoms with Gasteiger partial charge in [0.1, 0.15) is 11.3 Å². The third kappa shape index (κ3) is 2.46. The highest BCUT2D eigenvalue weighted by Gasteiger charge is 2.53. The van der Waals surface area contributed by atoms with E-state index in [1.165, 1.54) is 4.90 Å². The molecular formula is C21H22N2O3.